The number of ether oxygens (including phenoxy) is 2. The molecule has 0 amide bonds. The molecule has 0 fully saturated rings. The van der Waals surface area contributed by atoms with Gasteiger partial charge < -0.3 is 14.4 Å². The van der Waals surface area contributed by atoms with Crippen molar-refractivity contribution in [2.75, 3.05) is 14.1 Å². The first kappa shape index (κ1) is 20.9. The lowest BCUT2D eigenvalue weighted by molar-refractivity contribution is -0.385. The number of nitro groups is 1. The SMILES string of the molecule is CN(C)C=Cc1cc(OCc2ccccc2)c(OCc2ccccc2)cc1[N+](=O)[O-]. The van der Waals surface area contributed by atoms with E-state index in [-0.39, 0.29) is 12.3 Å². The summed E-state index contributed by atoms with van der Waals surface area (Å²) in [6, 6.07) is 22.5. The smallest absolute Gasteiger partial charge is 0.280 e. The van der Waals surface area contributed by atoms with Crippen LogP contribution in [0, 0.1) is 10.1 Å². The molecular weight excluding hydrogens is 380 g/mol. The van der Waals surface area contributed by atoms with Crippen molar-refractivity contribution in [1.82, 2.24) is 4.90 Å². The van der Waals surface area contributed by atoms with Gasteiger partial charge in [0.1, 0.15) is 13.2 Å². The molecule has 3 aromatic carbocycles. The molecule has 3 aromatic rings. The Kier molecular flexibility index (Phi) is 7.05. The van der Waals surface area contributed by atoms with Crippen molar-refractivity contribution in [3.05, 3.63) is 106 Å². The van der Waals surface area contributed by atoms with Crippen molar-refractivity contribution in [1.29, 1.82) is 0 Å². The van der Waals surface area contributed by atoms with E-state index in [1.54, 1.807) is 18.3 Å². The van der Waals surface area contributed by atoms with Crippen LogP contribution in [0.15, 0.2) is 79.0 Å². The number of nitro benzene ring substituents is 1. The molecule has 0 atom stereocenters. The Bertz CT molecular complexity index is 1000. The highest BCUT2D eigenvalue weighted by molar-refractivity contribution is 5.66. The Hall–Kier alpha value is -3.80. The Morgan fingerprint density at radius 2 is 1.37 bits per heavy atom. The highest BCUT2D eigenvalue weighted by atomic mass is 16.6. The van der Waals surface area contributed by atoms with Crippen LogP contribution >= 0.6 is 0 Å². The molecule has 0 unspecified atom stereocenters. The molecule has 30 heavy (non-hydrogen) atoms. The molecule has 3 rings (SSSR count). The highest BCUT2D eigenvalue weighted by Crippen LogP contribution is 2.36. The van der Waals surface area contributed by atoms with Gasteiger partial charge in [-0.25, -0.2) is 0 Å². The maximum Gasteiger partial charge on any atom is 0.280 e. The minimum atomic E-state index is -0.411. The predicted molar refractivity (Wildman–Crippen MR) is 117 cm³/mol. The maximum atomic E-state index is 11.6. The van der Waals surface area contributed by atoms with Crippen molar-refractivity contribution in [2.24, 2.45) is 0 Å². The fourth-order valence-electron chi connectivity index (χ4n) is 2.78. The quantitative estimate of drug-likeness (QED) is 0.358. The van der Waals surface area contributed by atoms with E-state index in [9.17, 15) is 10.1 Å². The minimum Gasteiger partial charge on any atom is -0.485 e. The Morgan fingerprint density at radius 3 is 1.83 bits per heavy atom. The monoisotopic (exact) mass is 404 g/mol. The van der Waals surface area contributed by atoms with Crippen LogP contribution in [0.3, 0.4) is 0 Å². The maximum absolute atomic E-state index is 11.6. The van der Waals surface area contributed by atoms with Crippen molar-refractivity contribution < 1.29 is 14.4 Å². The lowest BCUT2D eigenvalue weighted by Crippen LogP contribution is -2.03. The molecule has 0 aliphatic rings. The summed E-state index contributed by atoms with van der Waals surface area (Å²) >= 11 is 0. The van der Waals surface area contributed by atoms with Crippen LogP contribution in [-0.2, 0) is 13.2 Å². The molecule has 0 saturated heterocycles. The summed E-state index contributed by atoms with van der Waals surface area (Å²) in [7, 11) is 3.71. The van der Waals surface area contributed by atoms with E-state index in [1.165, 1.54) is 6.07 Å². The van der Waals surface area contributed by atoms with Gasteiger partial charge in [-0.05, 0) is 29.5 Å². The summed E-state index contributed by atoms with van der Waals surface area (Å²) in [5.74, 6) is 0.794. The third-order valence-corrected chi connectivity index (χ3v) is 4.32. The normalized spacial score (nSPS) is 10.7. The van der Waals surface area contributed by atoms with Crippen molar-refractivity contribution in [3.63, 3.8) is 0 Å². The third kappa shape index (κ3) is 5.85. The van der Waals surface area contributed by atoms with E-state index < -0.39 is 4.92 Å². The number of benzene rings is 3. The van der Waals surface area contributed by atoms with Crippen LogP contribution in [-0.4, -0.2) is 23.9 Å². The zero-order valence-corrected chi connectivity index (χ0v) is 17.0. The van der Waals surface area contributed by atoms with Gasteiger partial charge in [-0.2, -0.15) is 0 Å². The van der Waals surface area contributed by atoms with Crippen LogP contribution in [0.2, 0.25) is 0 Å². The fraction of sp³-hybridized carbons (Fsp3) is 0.167. The summed E-state index contributed by atoms with van der Waals surface area (Å²) in [4.78, 5) is 13.0. The molecule has 0 spiro atoms. The predicted octanol–water partition coefficient (Wildman–Crippen LogP) is 5.29. The first-order valence-electron chi connectivity index (χ1n) is 9.53. The summed E-state index contributed by atoms with van der Waals surface area (Å²) in [6.45, 7) is 0.615. The molecule has 0 aliphatic heterocycles. The molecular formula is C24H24N2O4. The van der Waals surface area contributed by atoms with Crippen LogP contribution in [0.1, 0.15) is 16.7 Å². The van der Waals surface area contributed by atoms with E-state index in [0.29, 0.717) is 23.7 Å². The van der Waals surface area contributed by atoms with Gasteiger partial charge in [0.15, 0.2) is 11.5 Å². The second kappa shape index (κ2) is 10.1. The summed E-state index contributed by atoms with van der Waals surface area (Å²) in [6.07, 6.45) is 3.45. The van der Waals surface area contributed by atoms with Crippen molar-refractivity contribution >= 4 is 11.8 Å². The molecule has 0 radical (unpaired) electrons. The third-order valence-electron chi connectivity index (χ3n) is 4.32. The molecule has 0 saturated carbocycles. The lowest BCUT2D eigenvalue weighted by atomic mass is 10.1. The number of rotatable bonds is 9. The van der Waals surface area contributed by atoms with Gasteiger partial charge in [0.25, 0.3) is 5.69 Å². The number of hydrogen-bond acceptors (Lipinski definition) is 5. The van der Waals surface area contributed by atoms with Crippen LogP contribution in [0.4, 0.5) is 5.69 Å². The second-order valence-electron chi connectivity index (χ2n) is 6.94. The van der Waals surface area contributed by atoms with E-state index in [1.807, 2.05) is 79.7 Å². The average Bonchev–Trinajstić information content (AvgIpc) is 2.76. The second-order valence-corrected chi connectivity index (χ2v) is 6.94. The van der Waals surface area contributed by atoms with Crippen molar-refractivity contribution in [2.45, 2.75) is 13.2 Å². The van der Waals surface area contributed by atoms with Gasteiger partial charge in [-0.3, -0.25) is 10.1 Å². The summed E-state index contributed by atoms with van der Waals surface area (Å²) in [5, 5.41) is 11.6. The van der Waals surface area contributed by atoms with E-state index in [0.717, 1.165) is 11.1 Å². The molecule has 0 aliphatic carbocycles. The average molecular weight is 404 g/mol. The van der Waals surface area contributed by atoms with Gasteiger partial charge >= 0.3 is 0 Å². The van der Waals surface area contributed by atoms with Gasteiger partial charge in [0.05, 0.1) is 16.6 Å². The van der Waals surface area contributed by atoms with Crippen LogP contribution < -0.4 is 9.47 Å². The fourth-order valence-corrected chi connectivity index (χ4v) is 2.78. The van der Waals surface area contributed by atoms with Gasteiger partial charge in [0, 0.05) is 14.1 Å². The molecule has 0 aromatic heterocycles. The zero-order valence-electron chi connectivity index (χ0n) is 17.0. The number of hydrogen-bond donors (Lipinski definition) is 0. The Labute approximate surface area is 176 Å². The molecule has 0 heterocycles. The molecule has 6 nitrogen and oxygen atoms in total. The van der Waals surface area contributed by atoms with Crippen LogP contribution in [0.25, 0.3) is 6.08 Å². The largest absolute Gasteiger partial charge is 0.485 e. The van der Waals surface area contributed by atoms with Crippen molar-refractivity contribution in [3.8, 4) is 11.5 Å². The Morgan fingerprint density at radius 1 is 0.867 bits per heavy atom. The topological polar surface area (TPSA) is 64.8 Å². The van der Waals surface area contributed by atoms with E-state index in [2.05, 4.69) is 0 Å². The van der Waals surface area contributed by atoms with Crippen LogP contribution in [0.5, 0.6) is 11.5 Å². The van der Waals surface area contributed by atoms with E-state index >= 15 is 0 Å². The minimum absolute atomic E-state index is 0.0387. The first-order chi connectivity index (χ1) is 14.5. The molecule has 0 N–H and O–H groups in total. The Balaban J connectivity index is 1.93. The highest BCUT2D eigenvalue weighted by Gasteiger charge is 2.19. The van der Waals surface area contributed by atoms with Gasteiger partial charge in [0.2, 0.25) is 0 Å². The standard InChI is InChI=1S/C24H24N2O4/c1-25(2)14-13-21-15-23(29-17-19-9-5-3-6-10-19)24(16-22(21)26(27)28)30-18-20-11-7-4-8-12-20/h3-16H,17-18H2,1-2H3. The number of nitrogens with zero attached hydrogens (tertiary/aromatic N) is 2. The molecule has 154 valence electrons. The molecule has 6 heteroatoms. The lowest BCUT2D eigenvalue weighted by Gasteiger charge is -2.14. The summed E-state index contributed by atoms with van der Waals surface area (Å²) in [5.41, 5.74) is 2.37. The molecule has 0 bridgehead atoms. The zero-order chi connectivity index (χ0) is 21.3. The summed E-state index contributed by atoms with van der Waals surface area (Å²) < 4.78 is 11.9. The van der Waals surface area contributed by atoms with E-state index in [4.69, 9.17) is 9.47 Å². The van der Waals surface area contributed by atoms with Gasteiger partial charge in [-0.1, -0.05) is 60.7 Å². The van der Waals surface area contributed by atoms with Gasteiger partial charge in [-0.15, -0.1) is 0 Å². The first-order valence-corrected chi connectivity index (χ1v) is 9.53.